The van der Waals surface area contributed by atoms with Crippen LogP contribution in [-0.2, 0) is 0 Å². The van der Waals surface area contributed by atoms with Gasteiger partial charge in [0.25, 0.3) is 0 Å². The van der Waals surface area contributed by atoms with Gasteiger partial charge in [-0.3, -0.25) is 0 Å². The molecular formula is C15H23F2NOS. The van der Waals surface area contributed by atoms with E-state index in [0.717, 1.165) is 18.2 Å². The number of aliphatic hydroxyl groups excluding tert-OH is 1. The van der Waals surface area contributed by atoms with Gasteiger partial charge in [-0.2, -0.15) is 11.8 Å². The Labute approximate surface area is 124 Å². The van der Waals surface area contributed by atoms with Gasteiger partial charge in [-0.1, -0.05) is 6.92 Å². The molecule has 1 aromatic rings. The van der Waals surface area contributed by atoms with E-state index in [0.29, 0.717) is 24.6 Å². The summed E-state index contributed by atoms with van der Waals surface area (Å²) in [7, 11) is 2.02. The number of hydrogen-bond donors (Lipinski definition) is 1. The number of hydrogen-bond acceptors (Lipinski definition) is 3. The maximum Gasteiger partial charge on any atom is 0.126 e. The predicted molar refractivity (Wildman–Crippen MR) is 81.0 cm³/mol. The van der Waals surface area contributed by atoms with Crippen molar-refractivity contribution in [1.29, 1.82) is 0 Å². The first-order chi connectivity index (χ1) is 9.47. The van der Waals surface area contributed by atoms with E-state index in [9.17, 15) is 13.9 Å². The van der Waals surface area contributed by atoms with Gasteiger partial charge in [0.2, 0.25) is 0 Å². The summed E-state index contributed by atoms with van der Waals surface area (Å²) < 4.78 is 26.2. The Morgan fingerprint density at radius 1 is 1.25 bits per heavy atom. The number of nitrogens with zero attached hydrogens (tertiary/aromatic N) is 1. The summed E-state index contributed by atoms with van der Waals surface area (Å²) >= 11 is 1.79. The highest BCUT2D eigenvalue weighted by Crippen LogP contribution is 2.20. The highest BCUT2D eigenvalue weighted by atomic mass is 32.2. The Kier molecular flexibility index (Phi) is 7.48. The van der Waals surface area contributed by atoms with Gasteiger partial charge in [-0.15, -0.1) is 0 Å². The minimum absolute atomic E-state index is 0.300. The van der Waals surface area contributed by atoms with Crippen molar-refractivity contribution in [3.05, 3.63) is 35.4 Å². The molecule has 2 atom stereocenters. The summed E-state index contributed by atoms with van der Waals surface area (Å²) in [5, 5.41) is 10.0. The molecule has 2 nitrogen and oxygen atoms in total. The van der Waals surface area contributed by atoms with E-state index in [1.165, 1.54) is 12.1 Å². The van der Waals surface area contributed by atoms with E-state index in [1.54, 1.807) is 11.8 Å². The van der Waals surface area contributed by atoms with Crippen LogP contribution in [0.4, 0.5) is 8.78 Å². The molecule has 0 aromatic heterocycles. The van der Waals surface area contributed by atoms with Gasteiger partial charge in [0.1, 0.15) is 11.6 Å². The van der Waals surface area contributed by atoms with E-state index in [-0.39, 0.29) is 0 Å². The Hall–Kier alpha value is -0.650. The maximum absolute atomic E-state index is 13.1. The van der Waals surface area contributed by atoms with E-state index in [2.05, 4.69) is 18.1 Å². The topological polar surface area (TPSA) is 23.5 Å². The van der Waals surface area contributed by atoms with Crippen LogP contribution in [0.2, 0.25) is 0 Å². The van der Waals surface area contributed by atoms with E-state index in [1.807, 2.05) is 7.05 Å². The Morgan fingerprint density at radius 3 is 2.35 bits per heavy atom. The lowest BCUT2D eigenvalue weighted by Crippen LogP contribution is -2.34. The zero-order valence-electron chi connectivity index (χ0n) is 12.3. The fourth-order valence-corrected chi connectivity index (χ4v) is 3.07. The Balaban J connectivity index is 2.55. The smallest absolute Gasteiger partial charge is 0.126 e. The fourth-order valence-electron chi connectivity index (χ4n) is 2.19. The molecule has 1 aromatic carbocycles. The monoisotopic (exact) mass is 303 g/mol. The molecule has 0 aliphatic carbocycles. The molecule has 0 aliphatic rings. The van der Waals surface area contributed by atoms with Gasteiger partial charge in [0.05, 0.1) is 6.10 Å². The van der Waals surface area contributed by atoms with Crippen LogP contribution in [-0.4, -0.2) is 41.6 Å². The van der Waals surface area contributed by atoms with Crippen LogP contribution in [0.1, 0.15) is 31.4 Å². The van der Waals surface area contributed by atoms with Crippen LogP contribution >= 0.6 is 11.8 Å². The van der Waals surface area contributed by atoms with Gasteiger partial charge in [0.15, 0.2) is 0 Å². The molecule has 1 N–H and O–H groups in total. The summed E-state index contributed by atoms with van der Waals surface area (Å²) in [6, 6.07) is 3.65. The third kappa shape index (κ3) is 5.38. The first-order valence-electron chi connectivity index (χ1n) is 6.81. The molecule has 0 saturated carbocycles. The van der Waals surface area contributed by atoms with Crippen molar-refractivity contribution in [1.82, 2.24) is 4.90 Å². The average Bonchev–Trinajstić information content (AvgIpc) is 2.40. The number of thioether (sulfide) groups is 1. The second kappa shape index (κ2) is 8.60. The van der Waals surface area contributed by atoms with Crippen molar-refractivity contribution < 1.29 is 13.9 Å². The molecule has 20 heavy (non-hydrogen) atoms. The minimum Gasteiger partial charge on any atom is -0.388 e. The van der Waals surface area contributed by atoms with Crippen molar-refractivity contribution in [3.63, 3.8) is 0 Å². The Morgan fingerprint density at radius 2 is 1.85 bits per heavy atom. The molecule has 5 heteroatoms. The average molecular weight is 303 g/mol. The summed E-state index contributed by atoms with van der Waals surface area (Å²) in [4.78, 5) is 2.19. The van der Waals surface area contributed by atoms with Gasteiger partial charge < -0.3 is 10.0 Å². The first kappa shape index (κ1) is 17.4. The standard InChI is InChI=1S/C15H23F2NOS/c1-4-14(10-20-3)18(2)6-5-15(19)11-7-12(16)9-13(17)8-11/h7-9,14-15,19H,4-6,10H2,1-3H3. The molecule has 0 radical (unpaired) electrons. The summed E-state index contributed by atoms with van der Waals surface area (Å²) in [6.45, 7) is 2.83. The molecule has 0 heterocycles. The fraction of sp³-hybridized carbons (Fsp3) is 0.600. The second-order valence-corrected chi connectivity index (χ2v) is 5.92. The quantitative estimate of drug-likeness (QED) is 0.795. The SMILES string of the molecule is CCC(CSC)N(C)CCC(O)c1cc(F)cc(F)c1. The van der Waals surface area contributed by atoms with Gasteiger partial charge in [-0.25, -0.2) is 8.78 Å². The van der Waals surface area contributed by atoms with Crippen LogP contribution < -0.4 is 0 Å². The summed E-state index contributed by atoms with van der Waals surface area (Å²) in [5.41, 5.74) is 0.300. The summed E-state index contributed by atoms with van der Waals surface area (Å²) in [5.74, 6) is -0.264. The molecule has 0 aliphatic heterocycles. The molecular weight excluding hydrogens is 280 g/mol. The van der Waals surface area contributed by atoms with Crippen molar-refractivity contribution >= 4 is 11.8 Å². The van der Waals surface area contributed by atoms with Crippen molar-refractivity contribution in [2.24, 2.45) is 0 Å². The van der Waals surface area contributed by atoms with Crippen molar-refractivity contribution in [3.8, 4) is 0 Å². The third-order valence-electron chi connectivity index (χ3n) is 3.48. The zero-order chi connectivity index (χ0) is 15.1. The highest BCUT2D eigenvalue weighted by Gasteiger charge is 2.15. The molecule has 2 unspecified atom stereocenters. The second-order valence-electron chi connectivity index (χ2n) is 5.01. The van der Waals surface area contributed by atoms with Crippen molar-refractivity contribution in [2.45, 2.75) is 31.9 Å². The molecule has 0 saturated heterocycles. The molecule has 0 fully saturated rings. The van der Waals surface area contributed by atoms with E-state index < -0.39 is 17.7 Å². The van der Waals surface area contributed by atoms with Gasteiger partial charge in [-0.05, 0) is 43.8 Å². The number of benzene rings is 1. The van der Waals surface area contributed by atoms with Crippen molar-refractivity contribution in [2.75, 3.05) is 25.6 Å². The third-order valence-corrected chi connectivity index (χ3v) is 4.20. The molecule has 0 spiro atoms. The molecule has 114 valence electrons. The van der Waals surface area contributed by atoms with Crippen LogP contribution in [0.3, 0.4) is 0 Å². The highest BCUT2D eigenvalue weighted by molar-refractivity contribution is 7.98. The lowest BCUT2D eigenvalue weighted by atomic mass is 10.1. The molecule has 0 amide bonds. The Bertz CT molecular complexity index is 397. The number of aliphatic hydroxyl groups is 1. The van der Waals surface area contributed by atoms with E-state index in [4.69, 9.17) is 0 Å². The van der Waals surface area contributed by atoms with Crippen LogP contribution in [0.15, 0.2) is 18.2 Å². The normalized spacial score (nSPS) is 14.6. The molecule has 0 bridgehead atoms. The minimum atomic E-state index is -0.838. The van der Waals surface area contributed by atoms with Crippen LogP contribution in [0.5, 0.6) is 0 Å². The van der Waals surface area contributed by atoms with Gasteiger partial charge >= 0.3 is 0 Å². The van der Waals surface area contributed by atoms with Gasteiger partial charge in [0, 0.05) is 24.4 Å². The zero-order valence-corrected chi connectivity index (χ0v) is 13.1. The first-order valence-corrected chi connectivity index (χ1v) is 8.20. The maximum atomic E-state index is 13.1. The van der Waals surface area contributed by atoms with Crippen LogP contribution in [0.25, 0.3) is 0 Å². The van der Waals surface area contributed by atoms with E-state index >= 15 is 0 Å². The molecule has 1 rings (SSSR count). The van der Waals surface area contributed by atoms with Crippen LogP contribution in [0, 0.1) is 11.6 Å². The lowest BCUT2D eigenvalue weighted by Gasteiger charge is -2.27. The predicted octanol–water partition coefficient (Wildman–Crippen LogP) is 3.46. The number of rotatable bonds is 8. The summed E-state index contributed by atoms with van der Waals surface area (Å²) in [6.07, 6.45) is 2.74. The largest absolute Gasteiger partial charge is 0.388 e. The lowest BCUT2D eigenvalue weighted by molar-refractivity contribution is 0.138. The number of halogens is 2.